The SMILES string of the molecule is CNC1CCCN(C(=O)C23CC4CC(C)(CC(C)(C4)C2)C3)C1. The number of likely N-dealkylation sites (tertiary alicyclic amines) is 1. The summed E-state index contributed by atoms with van der Waals surface area (Å²) < 4.78 is 0. The molecule has 1 heterocycles. The number of carbonyl (C=O) groups is 1. The van der Waals surface area contributed by atoms with Crippen molar-refractivity contribution < 1.29 is 4.79 Å². The Labute approximate surface area is 135 Å². The second-order valence-electron chi connectivity index (χ2n) is 9.79. The molecule has 3 nitrogen and oxygen atoms in total. The molecular weight excluding hydrogens is 272 g/mol. The fourth-order valence-electron chi connectivity index (χ4n) is 7.42. The molecule has 0 radical (unpaired) electrons. The van der Waals surface area contributed by atoms with Crippen LogP contribution in [0.25, 0.3) is 0 Å². The van der Waals surface area contributed by atoms with Gasteiger partial charge in [0.1, 0.15) is 0 Å². The van der Waals surface area contributed by atoms with Gasteiger partial charge in [-0.3, -0.25) is 4.79 Å². The van der Waals surface area contributed by atoms with Crippen molar-refractivity contribution in [1.29, 1.82) is 0 Å². The van der Waals surface area contributed by atoms with Gasteiger partial charge < -0.3 is 10.2 Å². The molecule has 5 rings (SSSR count). The lowest BCUT2D eigenvalue weighted by Gasteiger charge is -2.65. The Balaban J connectivity index is 1.60. The highest BCUT2D eigenvalue weighted by Crippen LogP contribution is 2.69. The number of nitrogens with zero attached hydrogens (tertiary/aromatic N) is 1. The van der Waals surface area contributed by atoms with Crippen LogP contribution in [0.1, 0.15) is 65.2 Å². The Morgan fingerprint density at radius 3 is 2.36 bits per heavy atom. The summed E-state index contributed by atoms with van der Waals surface area (Å²) in [6, 6.07) is 0.498. The Morgan fingerprint density at radius 2 is 1.77 bits per heavy atom. The Kier molecular flexibility index (Phi) is 3.21. The maximum atomic E-state index is 13.5. The van der Waals surface area contributed by atoms with Crippen molar-refractivity contribution in [3.63, 3.8) is 0 Å². The lowest BCUT2D eigenvalue weighted by Crippen LogP contribution is -2.61. The predicted octanol–water partition coefficient (Wildman–Crippen LogP) is 3.19. The van der Waals surface area contributed by atoms with Crippen LogP contribution in [0, 0.1) is 22.2 Å². The van der Waals surface area contributed by atoms with Crippen LogP contribution in [0.3, 0.4) is 0 Å². The molecule has 3 unspecified atom stereocenters. The number of carbonyl (C=O) groups excluding carboxylic acids is 1. The van der Waals surface area contributed by atoms with Crippen molar-refractivity contribution in [2.24, 2.45) is 22.2 Å². The molecule has 0 aromatic heterocycles. The lowest BCUT2D eigenvalue weighted by molar-refractivity contribution is -0.180. The van der Waals surface area contributed by atoms with Crippen molar-refractivity contribution >= 4 is 5.91 Å². The van der Waals surface area contributed by atoms with E-state index >= 15 is 0 Å². The number of hydrogen-bond donors (Lipinski definition) is 1. The fraction of sp³-hybridized carbons (Fsp3) is 0.947. The molecule has 124 valence electrons. The summed E-state index contributed by atoms with van der Waals surface area (Å²) in [5, 5.41) is 3.38. The number of rotatable bonds is 2. The fourth-order valence-corrected chi connectivity index (χ4v) is 7.42. The van der Waals surface area contributed by atoms with E-state index in [1.807, 2.05) is 7.05 Å². The molecule has 1 N–H and O–H groups in total. The largest absolute Gasteiger partial charge is 0.341 e. The average Bonchev–Trinajstić information content (AvgIpc) is 2.42. The number of amides is 1. The average molecular weight is 304 g/mol. The second-order valence-corrected chi connectivity index (χ2v) is 9.79. The highest BCUT2D eigenvalue weighted by atomic mass is 16.2. The van der Waals surface area contributed by atoms with E-state index in [9.17, 15) is 4.79 Å². The number of likely N-dealkylation sites (N-methyl/N-ethyl adjacent to an activating group) is 1. The topological polar surface area (TPSA) is 32.3 Å². The Bertz CT molecular complexity index is 470. The van der Waals surface area contributed by atoms with Gasteiger partial charge in [0, 0.05) is 19.1 Å². The van der Waals surface area contributed by atoms with Gasteiger partial charge in [-0.15, -0.1) is 0 Å². The van der Waals surface area contributed by atoms with Gasteiger partial charge in [0.25, 0.3) is 0 Å². The van der Waals surface area contributed by atoms with Gasteiger partial charge in [-0.2, -0.15) is 0 Å². The third-order valence-electron chi connectivity index (χ3n) is 7.20. The minimum Gasteiger partial charge on any atom is -0.341 e. The third kappa shape index (κ3) is 2.23. The van der Waals surface area contributed by atoms with Gasteiger partial charge in [-0.05, 0) is 75.2 Å². The van der Waals surface area contributed by atoms with Crippen molar-refractivity contribution in [2.75, 3.05) is 20.1 Å². The highest BCUT2D eigenvalue weighted by Gasteiger charge is 2.63. The number of hydrogen-bond acceptors (Lipinski definition) is 2. The molecule has 0 spiro atoms. The minimum absolute atomic E-state index is 0.0153. The van der Waals surface area contributed by atoms with Crippen LogP contribution in [0.5, 0.6) is 0 Å². The van der Waals surface area contributed by atoms with E-state index < -0.39 is 0 Å². The number of nitrogens with one attached hydrogen (secondary N) is 1. The summed E-state index contributed by atoms with van der Waals surface area (Å²) in [6.45, 7) is 6.83. The van der Waals surface area contributed by atoms with Crippen molar-refractivity contribution in [2.45, 2.75) is 71.3 Å². The first kappa shape index (κ1) is 15.0. The molecule has 1 saturated heterocycles. The maximum Gasteiger partial charge on any atom is 0.228 e. The van der Waals surface area contributed by atoms with Crippen LogP contribution in [0.15, 0.2) is 0 Å². The van der Waals surface area contributed by atoms with Crippen LogP contribution >= 0.6 is 0 Å². The summed E-state index contributed by atoms with van der Waals surface area (Å²) in [4.78, 5) is 15.7. The molecule has 3 heteroatoms. The molecule has 1 amide bonds. The monoisotopic (exact) mass is 304 g/mol. The molecule has 4 aliphatic carbocycles. The van der Waals surface area contributed by atoms with Crippen LogP contribution < -0.4 is 5.32 Å². The van der Waals surface area contributed by atoms with E-state index in [2.05, 4.69) is 24.1 Å². The zero-order chi connectivity index (χ0) is 15.6. The summed E-state index contributed by atoms with van der Waals surface area (Å²) in [5.74, 6) is 1.31. The zero-order valence-electron chi connectivity index (χ0n) is 14.6. The normalized spacial score (nSPS) is 50.4. The first-order chi connectivity index (χ1) is 10.4. The molecule has 4 bridgehead atoms. The highest BCUT2D eigenvalue weighted by molar-refractivity contribution is 5.83. The molecule has 3 atom stereocenters. The van der Waals surface area contributed by atoms with Crippen LogP contribution in [-0.2, 0) is 4.79 Å². The van der Waals surface area contributed by atoms with Gasteiger partial charge in [0.2, 0.25) is 5.91 Å². The van der Waals surface area contributed by atoms with Crippen molar-refractivity contribution in [3.05, 3.63) is 0 Å². The summed E-state index contributed by atoms with van der Waals surface area (Å²) in [7, 11) is 2.03. The Morgan fingerprint density at radius 1 is 1.09 bits per heavy atom. The molecule has 5 fully saturated rings. The van der Waals surface area contributed by atoms with E-state index in [1.54, 1.807) is 0 Å². The molecule has 5 aliphatic rings. The minimum atomic E-state index is -0.0153. The van der Waals surface area contributed by atoms with Crippen LogP contribution in [-0.4, -0.2) is 37.0 Å². The molecule has 22 heavy (non-hydrogen) atoms. The van der Waals surface area contributed by atoms with Crippen LogP contribution in [0.4, 0.5) is 0 Å². The first-order valence-electron chi connectivity index (χ1n) is 9.32. The van der Waals surface area contributed by atoms with Gasteiger partial charge in [-0.25, -0.2) is 0 Å². The quantitative estimate of drug-likeness (QED) is 0.850. The smallest absolute Gasteiger partial charge is 0.228 e. The van der Waals surface area contributed by atoms with Gasteiger partial charge in [-0.1, -0.05) is 13.8 Å². The number of piperidine rings is 1. The lowest BCUT2D eigenvalue weighted by atomic mass is 9.40. The van der Waals surface area contributed by atoms with E-state index in [4.69, 9.17) is 0 Å². The predicted molar refractivity (Wildman–Crippen MR) is 88.5 cm³/mol. The van der Waals surface area contributed by atoms with E-state index in [0.717, 1.165) is 38.3 Å². The molecule has 4 saturated carbocycles. The summed E-state index contributed by atoms with van der Waals surface area (Å²) in [5.41, 5.74) is 0.850. The molecule has 0 aromatic carbocycles. The second kappa shape index (κ2) is 4.72. The maximum absolute atomic E-state index is 13.5. The van der Waals surface area contributed by atoms with Crippen molar-refractivity contribution in [3.8, 4) is 0 Å². The molecule has 0 aromatic rings. The van der Waals surface area contributed by atoms with E-state index in [-0.39, 0.29) is 5.41 Å². The van der Waals surface area contributed by atoms with Crippen molar-refractivity contribution in [1.82, 2.24) is 10.2 Å². The van der Waals surface area contributed by atoms with E-state index in [0.29, 0.717) is 22.8 Å². The third-order valence-corrected chi connectivity index (χ3v) is 7.20. The van der Waals surface area contributed by atoms with Gasteiger partial charge >= 0.3 is 0 Å². The van der Waals surface area contributed by atoms with Crippen LogP contribution in [0.2, 0.25) is 0 Å². The molecule has 1 aliphatic heterocycles. The standard InChI is InChI=1S/C19H32N2O/c1-17-7-14-8-18(2,11-17)13-19(9-14,12-17)16(22)21-6-4-5-15(10-21)20-3/h14-15,20H,4-13H2,1-3H3. The summed E-state index contributed by atoms with van der Waals surface area (Å²) >= 11 is 0. The summed E-state index contributed by atoms with van der Waals surface area (Å²) in [6.07, 6.45) is 9.96. The first-order valence-corrected chi connectivity index (χ1v) is 9.32. The van der Waals surface area contributed by atoms with Gasteiger partial charge in [0.15, 0.2) is 0 Å². The molecular formula is C19H32N2O. The van der Waals surface area contributed by atoms with Gasteiger partial charge in [0.05, 0.1) is 5.41 Å². The van der Waals surface area contributed by atoms with E-state index in [1.165, 1.54) is 32.1 Å². The Hall–Kier alpha value is -0.570. The zero-order valence-corrected chi connectivity index (χ0v) is 14.6.